The molecule has 10 heavy (non-hydrogen) atoms. The Labute approximate surface area is 62.6 Å². The normalized spacial score (nSPS) is 33.6. The lowest BCUT2D eigenvalue weighted by atomic mass is 9.94. The molecule has 1 saturated heterocycles. The summed E-state index contributed by atoms with van der Waals surface area (Å²) >= 11 is 0. The molecule has 0 aliphatic carbocycles. The lowest BCUT2D eigenvalue weighted by molar-refractivity contribution is 0.250. The molecule has 2 heteroatoms. The number of rotatable bonds is 2. The van der Waals surface area contributed by atoms with Crippen LogP contribution in [-0.4, -0.2) is 24.3 Å². The molecule has 2 atom stereocenters. The monoisotopic (exact) mass is 143 g/mol. The molecule has 0 aromatic heterocycles. The van der Waals surface area contributed by atoms with E-state index in [4.69, 9.17) is 5.11 Å². The first-order valence-corrected chi connectivity index (χ1v) is 4.08. The summed E-state index contributed by atoms with van der Waals surface area (Å²) in [5, 5.41) is 12.1. The molecule has 1 aliphatic heterocycles. The van der Waals surface area contributed by atoms with Gasteiger partial charge in [-0.3, -0.25) is 0 Å². The summed E-state index contributed by atoms with van der Waals surface area (Å²) < 4.78 is 0. The quantitative estimate of drug-likeness (QED) is 0.593. The second-order valence-corrected chi connectivity index (χ2v) is 3.53. The lowest BCUT2D eigenvalue weighted by Gasteiger charge is -2.11. The Morgan fingerprint density at radius 2 is 2.30 bits per heavy atom. The summed E-state index contributed by atoms with van der Waals surface area (Å²) in [5.74, 6) is 1.53. The van der Waals surface area contributed by atoms with Gasteiger partial charge in [0.2, 0.25) is 0 Å². The van der Waals surface area contributed by atoms with Crippen LogP contribution >= 0.6 is 0 Å². The summed E-state index contributed by atoms with van der Waals surface area (Å²) in [6, 6.07) is 0.368. The first-order valence-electron chi connectivity index (χ1n) is 4.08. The van der Waals surface area contributed by atoms with Gasteiger partial charge < -0.3 is 10.4 Å². The number of aliphatic hydroxyl groups excluding tert-OH is 1. The van der Waals surface area contributed by atoms with Crippen molar-refractivity contribution in [3.8, 4) is 0 Å². The second kappa shape index (κ2) is 3.35. The largest absolute Gasteiger partial charge is 0.395 e. The van der Waals surface area contributed by atoms with E-state index in [1.54, 1.807) is 0 Å². The highest BCUT2D eigenvalue weighted by atomic mass is 16.3. The van der Waals surface area contributed by atoms with Gasteiger partial charge in [0.25, 0.3) is 0 Å². The molecule has 2 nitrogen and oxygen atoms in total. The maximum Gasteiger partial charge on any atom is 0.0584 e. The molecule has 0 spiro atoms. The molecule has 1 heterocycles. The Bertz CT molecular complexity index is 103. The summed E-state index contributed by atoms with van der Waals surface area (Å²) in [7, 11) is 0. The fraction of sp³-hybridized carbons (Fsp3) is 1.00. The van der Waals surface area contributed by atoms with Gasteiger partial charge in [-0.2, -0.15) is 0 Å². The van der Waals surface area contributed by atoms with Crippen LogP contribution in [0, 0.1) is 11.8 Å². The molecule has 0 bridgehead atoms. The van der Waals surface area contributed by atoms with Crippen molar-refractivity contribution in [2.75, 3.05) is 13.2 Å². The lowest BCUT2D eigenvalue weighted by Crippen LogP contribution is -2.24. The van der Waals surface area contributed by atoms with Crippen LogP contribution in [0.3, 0.4) is 0 Å². The van der Waals surface area contributed by atoms with Crippen molar-refractivity contribution in [2.24, 2.45) is 11.8 Å². The average molecular weight is 143 g/mol. The van der Waals surface area contributed by atoms with Crippen LogP contribution in [0.4, 0.5) is 0 Å². The van der Waals surface area contributed by atoms with E-state index in [2.05, 4.69) is 19.2 Å². The second-order valence-electron chi connectivity index (χ2n) is 3.53. The predicted molar refractivity (Wildman–Crippen MR) is 41.8 cm³/mol. The number of hydrogen-bond donors (Lipinski definition) is 2. The van der Waals surface area contributed by atoms with E-state index in [1.807, 2.05) is 0 Å². The molecule has 0 aromatic rings. The van der Waals surface area contributed by atoms with Crippen LogP contribution in [0.1, 0.15) is 20.3 Å². The molecule has 60 valence electrons. The molecule has 0 aromatic carbocycles. The van der Waals surface area contributed by atoms with Gasteiger partial charge in [0.15, 0.2) is 0 Å². The minimum absolute atomic E-state index is 0.295. The zero-order valence-electron chi connectivity index (χ0n) is 6.80. The standard InChI is InChI=1S/C8H17NO/c1-6(2)7-3-8(5-10)9-4-7/h6-10H,3-5H2,1-2H3/t7-,8+/m0/s1. The molecule has 1 aliphatic rings. The van der Waals surface area contributed by atoms with Crippen LogP contribution in [0.15, 0.2) is 0 Å². The molecule has 1 fully saturated rings. The Morgan fingerprint density at radius 1 is 1.60 bits per heavy atom. The fourth-order valence-corrected chi connectivity index (χ4v) is 1.50. The third-order valence-electron chi connectivity index (χ3n) is 2.42. The number of aliphatic hydroxyl groups is 1. The smallest absolute Gasteiger partial charge is 0.0584 e. The minimum atomic E-state index is 0.295. The highest BCUT2D eigenvalue weighted by molar-refractivity contribution is 4.82. The molecule has 0 saturated carbocycles. The van der Waals surface area contributed by atoms with Crippen LogP contribution in [0.25, 0.3) is 0 Å². The third kappa shape index (κ3) is 1.70. The molecule has 0 radical (unpaired) electrons. The topological polar surface area (TPSA) is 32.3 Å². The zero-order chi connectivity index (χ0) is 7.56. The van der Waals surface area contributed by atoms with E-state index in [1.165, 1.54) is 0 Å². The van der Waals surface area contributed by atoms with Crippen molar-refractivity contribution in [3.63, 3.8) is 0 Å². The van der Waals surface area contributed by atoms with Crippen molar-refractivity contribution in [3.05, 3.63) is 0 Å². The van der Waals surface area contributed by atoms with Gasteiger partial charge in [0.05, 0.1) is 6.61 Å². The van der Waals surface area contributed by atoms with Gasteiger partial charge in [-0.1, -0.05) is 13.8 Å². The fourth-order valence-electron chi connectivity index (χ4n) is 1.50. The van der Waals surface area contributed by atoms with Crippen LogP contribution in [-0.2, 0) is 0 Å². The van der Waals surface area contributed by atoms with Crippen LogP contribution < -0.4 is 5.32 Å². The van der Waals surface area contributed by atoms with Gasteiger partial charge in [0.1, 0.15) is 0 Å². The van der Waals surface area contributed by atoms with Crippen molar-refractivity contribution in [1.82, 2.24) is 5.32 Å². The van der Waals surface area contributed by atoms with Crippen molar-refractivity contribution < 1.29 is 5.11 Å². The van der Waals surface area contributed by atoms with Gasteiger partial charge in [-0.15, -0.1) is 0 Å². The zero-order valence-corrected chi connectivity index (χ0v) is 6.80. The predicted octanol–water partition coefficient (Wildman–Crippen LogP) is 0.613. The highest BCUT2D eigenvalue weighted by Crippen LogP contribution is 2.21. The Kier molecular flexibility index (Phi) is 2.69. The van der Waals surface area contributed by atoms with Crippen LogP contribution in [0.5, 0.6) is 0 Å². The van der Waals surface area contributed by atoms with E-state index >= 15 is 0 Å². The van der Waals surface area contributed by atoms with Gasteiger partial charge >= 0.3 is 0 Å². The molecule has 0 unspecified atom stereocenters. The maximum absolute atomic E-state index is 8.80. The van der Waals surface area contributed by atoms with Crippen molar-refractivity contribution in [2.45, 2.75) is 26.3 Å². The summed E-state index contributed by atoms with van der Waals surface area (Å²) in [5.41, 5.74) is 0. The molecule has 2 N–H and O–H groups in total. The summed E-state index contributed by atoms with van der Waals surface area (Å²) in [6.07, 6.45) is 1.15. The van der Waals surface area contributed by atoms with Crippen molar-refractivity contribution in [1.29, 1.82) is 0 Å². The van der Waals surface area contributed by atoms with Gasteiger partial charge in [-0.05, 0) is 24.8 Å². The van der Waals surface area contributed by atoms with E-state index in [9.17, 15) is 0 Å². The van der Waals surface area contributed by atoms with Crippen molar-refractivity contribution >= 4 is 0 Å². The molecular weight excluding hydrogens is 126 g/mol. The number of hydrogen-bond acceptors (Lipinski definition) is 2. The highest BCUT2D eigenvalue weighted by Gasteiger charge is 2.24. The molecular formula is C8H17NO. The van der Waals surface area contributed by atoms with E-state index in [-0.39, 0.29) is 0 Å². The summed E-state index contributed by atoms with van der Waals surface area (Å²) in [4.78, 5) is 0. The Balaban J connectivity index is 2.28. The van der Waals surface area contributed by atoms with E-state index in [0.29, 0.717) is 12.6 Å². The number of nitrogens with one attached hydrogen (secondary N) is 1. The third-order valence-corrected chi connectivity index (χ3v) is 2.42. The van der Waals surface area contributed by atoms with E-state index < -0.39 is 0 Å². The SMILES string of the molecule is CC(C)[C@@H]1CN[C@@H](CO)C1. The van der Waals surface area contributed by atoms with Gasteiger partial charge in [-0.25, -0.2) is 0 Å². The molecule has 0 amide bonds. The first kappa shape index (κ1) is 8.02. The molecule has 1 rings (SSSR count). The Morgan fingerprint density at radius 3 is 2.60 bits per heavy atom. The maximum atomic E-state index is 8.80. The first-order chi connectivity index (χ1) is 4.74. The minimum Gasteiger partial charge on any atom is -0.395 e. The summed E-state index contributed by atoms with van der Waals surface area (Å²) in [6.45, 7) is 5.87. The van der Waals surface area contributed by atoms with Gasteiger partial charge in [0, 0.05) is 6.04 Å². The Hall–Kier alpha value is -0.0800. The average Bonchev–Trinajstić information content (AvgIpc) is 2.34. The van der Waals surface area contributed by atoms with E-state index in [0.717, 1.165) is 24.8 Å². The van der Waals surface area contributed by atoms with Crippen LogP contribution in [0.2, 0.25) is 0 Å².